The fraction of sp³-hybridized carbons (Fsp3) is 0.944. The molecule has 0 bridgehead atoms. The van der Waals surface area contributed by atoms with E-state index in [0.717, 1.165) is 12.8 Å². The third kappa shape index (κ3) is 52.1. The number of carboxylic acid groups (broad SMARTS) is 1. The maximum absolute atomic E-state index is 10.3. The molecule has 0 unspecified atom stereocenters. The molecule has 6 nitrogen and oxygen atoms in total. The first-order chi connectivity index (χ1) is 11.8. The van der Waals surface area contributed by atoms with Crippen LogP contribution in [0.3, 0.4) is 0 Å². The van der Waals surface area contributed by atoms with Crippen LogP contribution < -0.4 is 0 Å². The van der Waals surface area contributed by atoms with Gasteiger partial charge in [0.1, 0.15) is 0 Å². The van der Waals surface area contributed by atoms with Gasteiger partial charge in [0.2, 0.25) is 0 Å². The largest absolute Gasteiger partial charge is 2.00 e. The van der Waals surface area contributed by atoms with E-state index < -0.39 is 15.0 Å². The molecule has 0 aliphatic carbocycles. The van der Waals surface area contributed by atoms with E-state index in [4.69, 9.17) is 24.3 Å². The number of carbonyl (C=O) groups is 1. The number of carboxylic acids is 1. The molecule has 0 rings (SSSR count). The average Bonchev–Trinajstić information content (AvgIpc) is 2.49. The molecule has 0 amide bonds. The summed E-state index contributed by atoms with van der Waals surface area (Å²) in [6.45, 7) is 2.27. The molecule has 0 saturated carbocycles. The third-order valence-corrected chi connectivity index (χ3v) is 3.99. The first kappa shape index (κ1) is 35.5. The van der Waals surface area contributed by atoms with E-state index in [9.17, 15) is 4.79 Å². The molecule has 0 aromatic carbocycles. The van der Waals surface area contributed by atoms with Gasteiger partial charge < -0.3 is 30.0 Å². The van der Waals surface area contributed by atoms with E-state index in [1.807, 2.05) is 0 Å². The molecule has 9 heteroatoms. The second-order valence-electron chi connectivity index (χ2n) is 6.69. The van der Waals surface area contributed by atoms with Gasteiger partial charge in [-0.1, -0.05) is 96.8 Å². The van der Waals surface area contributed by atoms with Crippen LogP contribution >= 0.6 is 0 Å². The molecule has 0 aliphatic heterocycles. The zero-order valence-electron chi connectivity index (χ0n) is 21.4. The summed E-state index contributed by atoms with van der Waals surface area (Å²) in [5, 5.41) is 8.52. The van der Waals surface area contributed by atoms with Crippen LogP contribution in [0.5, 0.6) is 0 Å². The average molecular weight is 433 g/mol. The molecule has 0 saturated heterocycles. The molecular weight excluding hydrogens is 389 g/mol. The topological polar surface area (TPSA) is 118 Å². The number of hydrogen-bond acceptors (Lipinski definition) is 5. The fourth-order valence-electron chi connectivity index (χ4n) is 2.65. The molecule has 27 heavy (non-hydrogen) atoms. The molecule has 0 heterocycles. The quantitative estimate of drug-likeness (QED) is 0.188. The van der Waals surface area contributed by atoms with Gasteiger partial charge in [0.15, 0.2) is 0 Å². The van der Waals surface area contributed by atoms with Crippen molar-refractivity contribution in [2.24, 2.45) is 0 Å². The van der Waals surface area contributed by atoms with E-state index in [1.54, 1.807) is 0 Å². The summed E-state index contributed by atoms with van der Waals surface area (Å²) >= 11 is 0. The molecule has 160 valence electrons. The van der Waals surface area contributed by atoms with Crippen molar-refractivity contribution in [3.8, 4) is 0 Å². The van der Waals surface area contributed by atoms with E-state index in [2.05, 4.69) is 6.92 Å². The van der Waals surface area contributed by atoms with Crippen molar-refractivity contribution >= 4 is 61.1 Å². The molecule has 0 fully saturated rings. The van der Waals surface area contributed by atoms with E-state index >= 15 is 0 Å². The first-order valence-corrected chi connectivity index (χ1v) is 11.7. The van der Waals surface area contributed by atoms with Crippen molar-refractivity contribution in [3.05, 3.63) is 0 Å². The Hall–Kier alpha value is 1.06. The van der Waals surface area contributed by atoms with Crippen LogP contribution in [-0.2, 0) is 4.79 Å². The van der Waals surface area contributed by atoms with Crippen molar-refractivity contribution in [2.75, 3.05) is 0 Å². The van der Waals surface area contributed by atoms with Gasteiger partial charge in [-0.25, -0.2) is 0 Å². The second kappa shape index (κ2) is 27.1. The summed E-state index contributed by atoms with van der Waals surface area (Å²) < 4.78 is 0. The van der Waals surface area contributed by atoms with Gasteiger partial charge in [-0.2, -0.15) is 0 Å². The summed E-state index contributed by atoms with van der Waals surface area (Å²) in [5.41, 5.74) is 0. The Morgan fingerprint density at radius 2 is 0.852 bits per heavy atom. The van der Waals surface area contributed by atoms with Crippen molar-refractivity contribution < 1.29 is 34.8 Å². The van der Waals surface area contributed by atoms with Gasteiger partial charge in [0.25, 0.3) is 0 Å². The first-order valence-electron chi connectivity index (χ1n) is 9.88. The minimum absolute atomic E-state index is 0. The molecule has 5 N–H and O–H groups in total. The number of rotatable bonds is 16. The predicted octanol–water partition coefficient (Wildman–Crippen LogP) is 3.41. The van der Waals surface area contributed by atoms with Crippen molar-refractivity contribution in [1.82, 2.24) is 0 Å². The van der Waals surface area contributed by atoms with Gasteiger partial charge in [-0.15, -0.1) is 0 Å². The van der Waals surface area contributed by atoms with Gasteiger partial charge >= 0.3 is 61.1 Å². The summed E-state index contributed by atoms with van der Waals surface area (Å²) in [6, 6.07) is 0. The zero-order chi connectivity index (χ0) is 19.4. The Morgan fingerprint density at radius 1 is 0.630 bits per heavy atom. The maximum atomic E-state index is 10.3. The minimum atomic E-state index is -4.61. The van der Waals surface area contributed by atoms with E-state index in [0.29, 0.717) is 6.42 Å². The number of hydrogen-bond donors (Lipinski definition) is 5. The van der Waals surface area contributed by atoms with E-state index in [-0.39, 0.29) is 51.8 Å². The van der Waals surface area contributed by atoms with Gasteiger partial charge in [0, 0.05) is 6.42 Å². The summed E-state index contributed by atoms with van der Waals surface area (Å²) in [6.07, 6.45) is 20.2. The SMILES string of the molecule is CCCCCCCCCCCCCCCCCC(=O)O.O[Si](O)(O)O.[H-].[H-].[H-].[H-].[Mg+2].[Mg+2]. The number of aliphatic carboxylic acids is 1. The summed E-state index contributed by atoms with van der Waals surface area (Å²) in [4.78, 5) is 39.6. The van der Waals surface area contributed by atoms with Crippen LogP contribution in [0.4, 0.5) is 0 Å². The van der Waals surface area contributed by atoms with Crippen LogP contribution in [0.25, 0.3) is 0 Å². The zero-order valence-corrected chi connectivity index (χ0v) is 21.2. The Bertz CT molecular complexity index is 303. The summed E-state index contributed by atoms with van der Waals surface area (Å²) in [5.74, 6) is -0.653. The fourth-order valence-corrected chi connectivity index (χ4v) is 2.65. The molecule has 0 aromatic rings. The second-order valence-corrected chi connectivity index (χ2v) is 7.89. The Labute approximate surface area is 204 Å². The van der Waals surface area contributed by atoms with Crippen molar-refractivity contribution in [1.29, 1.82) is 0 Å². The maximum Gasteiger partial charge on any atom is 2.00 e. The van der Waals surface area contributed by atoms with Crippen LogP contribution in [0.15, 0.2) is 0 Å². The van der Waals surface area contributed by atoms with Crippen molar-refractivity contribution in [2.45, 2.75) is 110 Å². The van der Waals surface area contributed by atoms with E-state index in [1.165, 1.54) is 83.5 Å². The molecular formula is C18H44Mg2O6Si. The van der Waals surface area contributed by atoms with Gasteiger partial charge in [-0.3, -0.25) is 4.79 Å². The molecule has 0 spiro atoms. The molecule has 0 aliphatic rings. The Balaban J connectivity index is -0.0000000721. The van der Waals surface area contributed by atoms with Crippen LogP contribution in [-0.4, -0.2) is 85.4 Å². The Kier molecular flexibility index (Phi) is 35.6. The summed E-state index contributed by atoms with van der Waals surface area (Å²) in [7, 11) is -4.61. The normalized spacial score (nSPS) is 10.3. The smallest absolute Gasteiger partial charge is 1.00 e. The van der Waals surface area contributed by atoms with Gasteiger partial charge in [0.05, 0.1) is 0 Å². The van der Waals surface area contributed by atoms with Crippen LogP contribution in [0.1, 0.15) is 115 Å². The minimum Gasteiger partial charge on any atom is -1.00 e. The van der Waals surface area contributed by atoms with Gasteiger partial charge in [-0.05, 0) is 6.42 Å². The molecule has 0 radical (unpaired) electrons. The third-order valence-electron chi connectivity index (χ3n) is 3.99. The molecule has 0 atom stereocenters. The number of unbranched alkanes of at least 4 members (excludes halogenated alkanes) is 14. The monoisotopic (exact) mass is 432 g/mol. The predicted molar refractivity (Wildman–Crippen MR) is 118 cm³/mol. The Morgan fingerprint density at radius 3 is 1.07 bits per heavy atom. The van der Waals surface area contributed by atoms with Crippen LogP contribution in [0.2, 0.25) is 0 Å². The van der Waals surface area contributed by atoms with Crippen molar-refractivity contribution in [3.63, 3.8) is 0 Å². The standard InChI is InChI=1S/C18H36O2.2Mg.H4O4Si.4H/c1-2-3-4-5-6-7-8-9-10-11-12-13-14-15-16-17-18(19)20;;;1-5(2,3)4;;;;/h2-17H2,1H3,(H,19,20);;;1-4H;;;;/q;2*+2;;4*-1. The van der Waals surface area contributed by atoms with Crippen LogP contribution in [0, 0.1) is 0 Å². The molecule has 0 aromatic heterocycles.